The fourth-order valence-electron chi connectivity index (χ4n) is 1.99. The summed E-state index contributed by atoms with van der Waals surface area (Å²) in [5, 5.41) is 3.47. The zero-order valence-corrected chi connectivity index (χ0v) is 13.8. The van der Waals surface area contributed by atoms with Gasteiger partial charge in [0.05, 0.1) is 4.47 Å². The second kappa shape index (κ2) is 8.70. The van der Waals surface area contributed by atoms with Gasteiger partial charge in [-0.2, -0.15) is 0 Å². The Balaban J connectivity index is 2.22. The number of rotatable bonds is 8. The zero-order chi connectivity index (χ0) is 14.3. The molecule has 1 aromatic carbocycles. The number of halogens is 2. The Bertz CT molecular complexity index is 379. The number of aryl methyl sites for hydroxylation is 1. The molecule has 3 heteroatoms. The first-order chi connectivity index (χ1) is 8.99. The molecule has 1 nitrogen and oxygen atoms in total. The molecule has 108 valence electrons. The first-order valence-corrected chi connectivity index (χ1v) is 7.93. The predicted octanol–water partition coefficient (Wildman–Crippen LogP) is 4.79. The Morgan fingerprint density at radius 2 is 1.95 bits per heavy atom. The van der Waals surface area contributed by atoms with Crippen LogP contribution in [0.5, 0.6) is 0 Å². The van der Waals surface area contributed by atoms with Crippen molar-refractivity contribution in [2.24, 2.45) is 11.8 Å². The van der Waals surface area contributed by atoms with Crippen LogP contribution in [0.3, 0.4) is 0 Å². The van der Waals surface area contributed by atoms with E-state index in [-0.39, 0.29) is 5.82 Å². The van der Waals surface area contributed by atoms with Gasteiger partial charge in [0.1, 0.15) is 5.82 Å². The summed E-state index contributed by atoms with van der Waals surface area (Å²) in [4.78, 5) is 0. The molecule has 1 atom stereocenters. The highest BCUT2D eigenvalue weighted by atomic mass is 79.9. The molecular formula is C16H25BrFN. The molecule has 0 spiro atoms. The van der Waals surface area contributed by atoms with Crippen LogP contribution >= 0.6 is 15.9 Å². The number of hydrogen-bond donors (Lipinski definition) is 1. The third-order valence-electron chi connectivity index (χ3n) is 3.28. The maximum Gasteiger partial charge on any atom is 0.137 e. The Kier molecular flexibility index (Phi) is 7.62. The number of benzene rings is 1. The smallest absolute Gasteiger partial charge is 0.137 e. The molecule has 1 rings (SSSR count). The van der Waals surface area contributed by atoms with Crippen LogP contribution in [-0.2, 0) is 6.42 Å². The van der Waals surface area contributed by atoms with Gasteiger partial charge < -0.3 is 5.32 Å². The van der Waals surface area contributed by atoms with Crippen molar-refractivity contribution in [3.63, 3.8) is 0 Å². The molecule has 0 aliphatic rings. The van der Waals surface area contributed by atoms with Crippen molar-refractivity contribution < 1.29 is 4.39 Å². The van der Waals surface area contributed by atoms with E-state index in [2.05, 4.69) is 42.0 Å². The molecule has 0 amide bonds. The minimum Gasteiger partial charge on any atom is -0.316 e. The fourth-order valence-corrected chi connectivity index (χ4v) is 2.42. The Morgan fingerprint density at radius 1 is 1.21 bits per heavy atom. The van der Waals surface area contributed by atoms with Crippen LogP contribution < -0.4 is 5.32 Å². The molecule has 0 radical (unpaired) electrons. The quantitative estimate of drug-likeness (QED) is 0.676. The van der Waals surface area contributed by atoms with E-state index < -0.39 is 0 Å². The van der Waals surface area contributed by atoms with Crippen molar-refractivity contribution in [2.45, 2.75) is 40.0 Å². The predicted molar refractivity (Wildman–Crippen MR) is 83.9 cm³/mol. The summed E-state index contributed by atoms with van der Waals surface area (Å²) in [7, 11) is 0. The van der Waals surface area contributed by atoms with Gasteiger partial charge in [-0.25, -0.2) is 4.39 Å². The molecule has 0 aromatic heterocycles. The fraction of sp³-hybridized carbons (Fsp3) is 0.625. The van der Waals surface area contributed by atoms with Crippen molar-refractivity contribution in [2.75, 3.05) is 13.1 Å². The highest BCUT2D eigenvalue weighted by Crippen LogP contribution is 2.19. The molecule has 19 heavy (non-hydrogen) atoms. The second-order valence-electron chi connectivity index (χ2n) is 5.78. The van der Waals surface area contributed by atoms with Crippen LogP contribution in [0.4, 0.5) is 4.39 Å². The van der Waals surface area contributed by atoms with Crippen molar-refractivity contribution in [1.82, 2.24) is 5.32 Å². The van der Waals surface area contributed by atoms with Crippen molar-refractivity contribution >= 4 is 15.9 Å². The van der Waals surface area contributed by atoms with Gasteiger partial charge in [-0.1, -0.05) is 26.8 Å². The largest absolute Gasteiger partial charge is 0.316 e. The average molecular weight is 330 g/mol. The number of hydrogen-bond acceptors (Lipinski definition) is 1. The molecule has 0 aliphatic heterocycles. The summed E-state index contributed by atoms with van der Waals surface area (Å²) in [6.45, 7) is 8.92. The van der Waals surface area contributed by atoms with E-state index in [1.54, 1.807) is 0 Å². The van der Waals surface area contributed by atoms with Crippen LogP contribution in [0.1, 0.15) is 39.2 Å². The van der Waals surface area contributed by atoms with E-state index in [0.717, 1.165) is 25.9 Å². The van der Waals surface area contributed by atoms with Crippen LogP contribution in [0.25, 0.3) is 0 Å². The number of nitrogens with one attached hydrogen (secondary N) is 1. The average Bonchev–Trinajstić information content (AvgIpc) is 2.36. The van der Waals surface area contributed by atoms with Gasteiger partial charge in [0.2, 0.25) is 0 Å². The SMILES string of the molecule is CC(C)CNCCC(C)CCc1ccc(F)c(Br)c1. The third kappa shape index (κ3) is 7.07. The molecule has 0 saturated heterocycles. The van der Waals surface area contributed by atoms with Gasteiger partial charge in [-0.3, -0.25) is 0 Å². The summed E-state index contributed by atoms with van der Waals surface area (Å²) >= 11 is 3.23. The monoisotopic (exact) mass is 329 g/mol. The first-order valence-electron chi connectivity index (χ1n) is 7.13. The van der Waals surface area contributed by atoms with E-state index in [0.29, 0.717) is 16.3 Å². The molecule has 0 heterocycles. The van der Waals surface area contributed by atoms with Gasteiger partial charge in [-0.05, 0) is 77.8 Å². The molecule has 0 saturated carbocycles. The molecule has 0 fully saturated rings. The topological polar surface area (TPSA) is 12.0 Å². The highest BCUT2D eigenvalue weighted by Gasteiger charge is 2.05. The maximum absolute atomic E-state index is 13.1. The second-order valence-corrected chi connectivity index (χ2v) is 6.63. The minimum atomic E-state index is -0.185. The van der Waals surface area contributed by atoms with Crippen LogP contribution in [0.15, 0.2) is 22.7 Å². The Labute approximate surface area is 125 Å². The molecule has 1 aromatic rings. The maximum atomic E-state index is 13.1. The molecule has 1 N–H and O–H groups in total. The van der Waals surface area contributed by atoms with Gasteiger partial charge >= 0.3 is 0 Å². The van der Waals surface area contributed by atoms with Gasteiger partial charge in [0.15, 0.2) is 0 Å². The molecular weight excluding hydrogens is 305 g/mol. The molecule has 1 unspecified atom stereocenters. The van der Waals surface area contributed by atoms with Gasteiger partial charge in [0, 0.05) is 0 Å². The Hall–Kier alpha value is -0.410. The van der Waals surface area contributed by atoms with Gasteiger partial charge in [-0.15, -0.1) is 0 Å². The Morgan fingerprint density at radius 3 is 2.58 bits per heavy atom. The third-order valence-corrected chi connectivity index (χ3v) is 3.88. The van der Waals surface area contributed by atoms with E-state index in [9.17, 15) is 4.39 Å². The van der Waals surface area contributed by atoms with Crippen LogP contribution in [-0.4, -0.2) is 13.1 Å². The van der Waals surface area contributed by atoms with E-state index in [1.165, 1.54) is 18.1 Å². The summed E-state index contributed by atoms with van der Waals surface area (Å²) in [5.74, 6) is 1.23. The summed E-state index contributed by atoms with van der Waals surface area (Å²) in [5.41, 5.74) is 1.20. The standard InChI is InChI=1S/C16H25BrFN/c1-12(2)11-19-9-8-13(3)4-5-14-6-7-16(18)15(17)10-14/h6-7,10,12-13,19H,4-5,8-9,11H2,1-3H3. The lowest BCUT2D eigenvalue weighted by molar-refractivity contribution is 0.454. The normalized spacial score (nSPS) is 12.9. The summed E-state index contributed by atoms with van der Waals surface area (Å²) in [6.07, 6.45) is 3.38. The van der Waals surface area contributed by atoms with E-state index >= 15 is 0 Å². The lowest BCUT2D eigenvalue weighted by Crippen LogP contribution is -2.22. The van der Waals surface area contributed by atoms with Crippen LogP contribution in [0, 0.1) is 17.7 Å². The van der Waals surface area contributed by atoms with E-state index in [1.807, 2.05) is 12.1 Å². The lowest BCUT2D eigenvalue weighted by Gasteiger charge is -2.13. The van der Waals surface area contributed by atoms with E-state index in [4.69, 9.17) is 0 Å². The van der Waals surface area contributed by atoms with Crippen LogP contribution in [0.2, 0.25) is 0 Å². The zero-order valence-electron chi connectivity index (χ0n) is 12.2. The van der Waals surface area contributed by atoms with Crippen molar-refractivity contribution in [3.05, 3.63) is 34.1 Å². The van der Waals surface area contributed by atoms with Gasteiger partial charge in [0.25, 0.3) is 0 Å². The molecule has 0 aliphatic carbocycles. The lowest BCUT2D eigenvalue weighted by atomic mass is 9.98. The molecule has 0 bridgehead atoms. The minimum absolute atomic E-state index is 0.185. The van der Waals surface area contributed by atoms with Crippen molar-refractivity contribution in [3.8, 4) is 0 Å². The summed E-state index contributed by atoms with van der Waals surface area (Å²) in [6, 6.07) is 5.30. The first kappa shape index (κ1) is 16.6. The summed E-state index contributed by atoms with van der Waals surface area (Å²) < 4.78 is 13.7. The van der Waals surface area contributed by atoms with Crippen molar-refractivity contribution in [1.29, 1.82) is 0 Å². The highest BCUT2D eigenvalue weighted by molar-refractivity contribution is 9.10.